The maximum absolute atomic E-state index is 12.3. The fourth-order valence-electron chi connectivity index (χ4n) is 2.87. The van der Waals surface area contributed by atoms with Crippen molar-refractivity contribution in [3.8, 4) is 0 Å². The van der Waals surface area contributed by atoms with E-state index in [2.05, 4.69) is 9.98 Å². The van der Waals surface area contributed by atoms with Crippen molar-refractivity contribution in [1.29, 1.82) is 0 Å². The van der Waals surface area contributed by atoms with Crippen LogP contribution >= 0.6 is 0 Å². The highest BCUT2D eigenvalue weighted by Crippen LogP contribution is 2.17. The van der Waals surface area contributed by atoms with E-state index in [0.29, 0.717) is 38.6 Å². The summed E-state index contributed by atoms with van der Waals surface area (Å²) in [5.41, 5.74) is 5.90. The Hall–Kier alpha value is -2.75. The fraction of sp³-hybridized carbons (Fsp3) is 0.533. The van der Waals surface area contributed by atoms with Crippen LogP contribution < -0.4 is 5.73 Å². The Kier molecular flexibility index (Phi) is 5.08. The smallest absolute Gasteiger partial charge is 0.287 e. The van der Waals surface area contributed by atoms with Gasteiger partial charge < -0.3 is 20.3 Å². The maximum atomic E-state index is 12.3. The van der Waals surface area contributed by atoms with Crippen LogP contribution in [0.25, 0.3) is 0 Å². The zero-order valence-corrected chi connectivity index (χ0v) is 13.7. The molecule has 2 aliphatic heterocycles. The molecule has 1 aromatic rings. The third-order valence-corrected chi connectivity index (χ3v) is 4.29. The third-order valence-electron chi connectivity index (χ3n) is 4.29. The minimum Gasteiger partial charge on any atom is -0.369 e. The van der Waals surface area contributed by atoms with Gasteiger partial charge >= 0.3 is 0 Å². The number of guanidine groups is 1. The van der Waals surface area contributed by atoms with E-state index < -0.39 is 4.92 Å². The molecule has 0 saturated carbocycles. The number of rotatable bonds is 3. The molecule has 0 radical (unpaired) electrons. The minimum absolute atomic E-state index is 0.0460. The molecule has 0 aliphatic carbocycles. The lowest BCUT2D eigenvalue weighted by Gasteiger charge is -2.36. The van der Waals surface area contributed by atoms with E-state index in [0.717, 1.165) is 19.0 Å². The van der Waals surface area contributed by atoms with E-state index in [1.807, 2.05) is 4.90 Å². The molecule has 10 heteroatoms. The number of carbonyl (C=O) groups excluding carboxylic acids is 1. The molecule has 0 bridgehead atoms. The molecule has 134 valence electrons. The van der Waals surface area contributed by atoms with Gasteiger partial charge in [-0.15, -0.1) is 0 Å². The first-order chi connectivity index (χ1) is 12.0. The van der Waals surface area contributed by atoms with Crippen molar-refractivity contribution >= 4 is 23.4 Å². The first-order valence-corrected chi connectivity index (χ1v) is 8.14. The molecule has 2 aliphatic rings. The molecule has 1 atom stereocenters. The second-order valence-electron chi connectivity index (χ2n) is 5.92. The van der Waals surface area contributed by atoms with Crippen molar-refractivity contribution in [3.05, 3.63) is 28.4 Å². The van der Waals surface area contributed by atoms with Crippen molar-refractivity contribution in [3.63, 3.8) is 0 Å². The molecule has 1 amide bonds. The van der Waals surface area contributed by atoms with E-state index in [1.165, 1.54) is 12.1 Å². The molecular weight excluding hydrogens is 328 g/mol. The van der Waals surface area contributed by atoms with Crippen LogP contribution in [0.1, 0.15) is 12.8 Å². The number of nitrogens with zero attached hydrogens (tertiary/aromatic N) is 5. The van der Waals surface area contributed by atoms with Gasteiger partial charge in [-0.05, 0) is 18.9 Å². The van der Waals surface area contributed by atoms with Crippen molar-refractivity contribution in [2.75, 3.05) is 32.8 Å². The number of pyridine rings is 1. The zero-order valence-electron chi connectivity index (χ0n) is 13.7. The molecule has 10 nitrogen and oxygen atoms in total. The number of aromatic nitrogens is 1. The number of nitrogens with two attached hydrogens (primary N) is 1. The van der Waals surface area contributed by atoms with E-state index in [9.17, 15) is 14.9 Å². The Morgan fingerprint density at radius 2 is 2.04 bits per heavy atom. The van der Waals surface area contributed by atoms with Crippen molar-refractivity contribution in [1.82, 2.24) is 14.8 Å². The van der Waals surface area contributed by atoms with E-state index in [4.69, 9.17) is 10.5 Å². The lowest BCUT2D eigenvalue weighted by atomic mass is 10.2. The first-order valence-electron chi connectivity index (χ1n) is 8.14. The predicted octanol–water partition coefficient (Wildman–Crippen LogP) is 0.259. The Morgan fingerprint density at radius 3 is 2.60 bits per heavy atom. The number of hydrogen-bond acceptors (Lipinski definition) is 6. The second kappa shape index (κ2) is 7.43. The number of ether oxygens (including phenoxy) is 1. The molecule has 25 heavy (non-hydrogen) atoms. The van der Waals surface area contributed by atoms with Crippen LogP contribution in [0.15, 0.2) is 23.3 Å². The average molecular weight is 348 g/mol. The number of aliphatic imine (C=N–C) groups is 1. The highest BCUT2D eigenvalue weighted by molar-refractivity contribution is 5.83. The van der Waals surface area contributed by atoms with Gasteiger partial charge in [0.2, 0.25) is 0 Å². The van der Waals surface area contributed by atoms with E-state index >= 15 is 0 Å². The summed E-state index contributed by atoms with van der Waals surface area (Å²) in [5.74, 6) is 0.635. The van der Waals surface area contributed by atoms with Crippen molar-refractivity contribution in [2.24, 2.45) is 10.7 Å². The summed E-state index contributed by atoms with van der Waals surface area (Å²) < 4.78 is 5.44. The number of amides is 1. The number of piperazine rings is 1. The normalized spacial score (nSPS) is 21.4. The monoisotopic (exact) mass is 348 g/mol. The van der Waals surface area contributed by atoms with Crippen LogP contribution in [0.2, 0.25) is 0 Å². The molecule has 0 spiro atoms. The topological polar surface area (TPSA) is 127 Å². The number of hydrogen-bond donors (Lipinski definition) is 1. The molecule has 3 heterocycles. The maximum Gasteiger partial charge on any atom is 0.287 e. The fourth-order valence-corrected chi connectivity index (χ4v) is 2.87. The number of nitro groups is 1. The minimum atomic E-state index is -0.520. The molecule has 0 unspecified atom stereocenters. The van der Waals surface area contributed by atoms with Gasteiger partial charge in [-0.2, -0.15) is 4.99 Å². The molecule has 2 N–H and O–H groups in total. The SMILES string of the molecule is NC(=Nc1ccc([N+](=O)[O-])cn1)N1CCN(C(=O)[C@H]2CCCO2)CC1. The molecule has 2 saturated heterocycles. The van der Waals surface area contributed by atoms with E-state index in [-0.39, 0.29) is 23.7 Å². The predicted molar refractivity (Wildman–Crippen MR) is 89.3 cm³/mol. The summed E-state index contributed by atoms with van der Waals surface area (Å²) in [5, 5.41) is 10.6. The van der Waals surface area contributed by atoms with Gasteiger partial charge in [-0.25, -0.2) is 4.98 Å². The largest absolute Gasteiger partial charge is 0.369 e. The van der Waals surface area contributed by atoms with Crippen LogP contribution in [0, 0.1) is 10.1 Å². The summed E-state index contributed by atoms with van der Waals surface area (Å²) in [6.45, 7) is 2.91. The average Bonchev–Trinajstić information content (AvgIpc) is 3.16. The Balaban J connectivity index is 1.56. The van der Waals surface area contributed by atoms with Crippen molar-refractivity contribution < 1.29 is 14.5 Å². The highest BCUT2D eigenvalue weighted by Gasteiger charge is 2.30. The van der Waals surface area contributed by atoms with Gasteiger partial charge in [-0.1, -0.05) is 0 Å². The standard InChI is InChI=1S/C15H20N6O4/c16-15(18-13-4-3-11(10-17-13)21(23)24)20-7-5-19(6-8-20)14(22)12-2-1-9-25-12/h3-4,10,12H,1-2,5-9H2,(H2,16,17,18)/t12-/m1/s1. The van der Waals surface area contributed by atoms with Gasteiger partial charge in [0.25, 0.3) is 11.6 Å². The van der Waals surface area contributed by atoms with Crippen LogP contribution in [-0.4, -0.2) is 70.5 Å². The van der Waals surface area contributed by atoms with Gasteiger partial charge in [0.05, 0.1) is 4.92 Å². The zero-order chi connectivity index (χ0) is 17.8. The molecule has 1 aromatic heterocycles. The van der Waals surface area contributed by atoms with E-state index in [1.54, 1.807) is 4.90 Å². The molecule has 2 fully saturated rings. The lowest BCUT2D eigenvalue weighted by Crippen LogP contribution is -2.54. The quantitative estimate of drug-likeness (QED) is 0.359. The lowest BCUT2D eigenvalue weighted by molar-refractivity contribution is -0.385. The van der Waals surface area contributed by atoms with Gasteiger partial charge in [0, 0.05) is 38.9 Å². The van der Waals surface area contributed by atoms with Gasteiger partial charge in [0.15, 0.2) is 11.8 Å². The molecular formula is C15H20N6O4. The Bertz CT molecular complexity index is 663. The van der Waals surface area contributed by atoms with Gasteiger partial charge in [-0.3, -0.25) is 14.9 Å². The summed E-state index contributed by atoms with van der Waals surface area (Å²) >= 11 is 0. The first kappa shape index (κ1) is 17.1. The Labute approximate surface area is 144 Å². The van der Waals surface area contributed by atoms with Crippen LogP contribution in [0.5, 0.6) is 0 Å². The van der Waals surface area contributed by atoms with Crippen LogP contribution in [-0.2, 0) is 9.53 Å². The molecule has 3 rings (SSSR count). The number of carbonyl (C=O) groups is 1. The second-order valence-corrected chi connectivity index (χ2v) is 5.92. The van der Waals surface area contributed by atoms with Gasteiger partial charge in [0.1, 0.15) is 12.3 Å². The summed E-state index contributed by atoms with van der Waals surface area (Å²) in [4.78, 5) is 34.2. The van der Waals surface area contributed by atoms with Crippen LogP contribution in [0.4, 0.5) is 11.5 Å². The highest BCUT2D eigenvalue weighted by atomic mass is 16.6. The third kappa shape index (κ3) is 4.02. The summed E-state index contributed by atoms with van der Waals surface area (Å²) in [6.07, 6.45) is 2.55. The summed E-state index contributed by atoms with van der Waals surface area (Å²) in [7, 11) is 0. The Morgan fingerprint density at radius 1 is 1.32 bits per heavy atom. The molecule has 0 aromatic carbocycles. The van der Waals surface area contributed by atoms with Crippen molar-refractivity contribution in [2.45, 2.75) is 18.9 Å². The summed E-state index contributed by atoms with van der Waals surface area (Å²) in [6, 6.07) is 2.78. The van der Waals surface area contributed by atoms with Crippen LogP contribution in [0.3, 0.4) is 0 Å².